The van der Waals surface area contributed by atoms with E-state index < -0.39 is 0 Å². The molecule has 0 aliphatic heterocycles. The highest BCUT2D eigenvalue weighted by molar-refractivity contribution is 5.81. The Morgan fingerprint density at radius 2 is 1.21 bits per heavy atom. The number of unbranched alkanes of at least 4 members (excludes halogenated alkanes) is 13. The summed E-state index contributed by atoms with van der Waals surface area (Å²) < 4.78 is 4.95. The number of ether oxygens (including phenoxy) is 1. The first kappa shape index (κ1) is 22.9. The van der Waals surface area contributed by atoms with E-state index in [0.717, 1.165) is 12.8 Å². The first-order valence-electron chi connectivity index (χ1n) is 10.3. The molecule has 0 aromatic rings. The van der Waals surface area contributed by atoms with Crippen LogP contribution in [0, 0.1) is 0 Å². The van der Waals surface area contributed by atoms with Gasteiger partial charge >= 0.3 is 5.97 Å². The summed E-state index contributed by atoms with van der Waals surface area (Å²) in [5.41, 5.74) is 0. The topological polar surface area (TPSA) is 26.3 Å². The van der Waals surface area contributed by atoms with Crippen molar-refractivity contribution in [2.75, 3.05) is 6.61 Å². The summed E-state index contributed by atoms with van der Waals surface area (Å²) in [6, 6.07) is 0. The fraction of sp³-hybridized carbons (Fsp3) is 0.773. The van der Waals surface area contributed by atoms with Gasteiger partial charge in [0.25, 0.3) is 0 Å². The summed E-state index contributed by atoms with van der Waals surface area (Å²) in [6.45, 7) is 6.19. The zero-order chi connectivity index (χ0) is 17.7. The van der Waals surface area contributed by atoms with Crippen LogP contribution in [0.3, 0.4) is 0 Å². The largest absolute Gasteiger partial charge is 0.463 e. The second-order valence-electron chi connectivity index (χ2n) is 6.66. The van der Waals surface area contributed by atoms with Crippen molar-refractivity contribution >= 4 is 5.97 Å². The van der Waals surface area contributed by atoms with Crippen molar-refractivity contribution in [3.05, 3.63) is 24.8 Å². The van der Waals surface area contributed by atoms with Crippen LogP contribution in [0.1, 0.15) is 103 Å². The van der Waals surface area contributed by atoms with Crippen LogP contribution in [-0.2, 0) is 9.53 Å². The van der Waals surface area contributed by atoms with Gasteiger partial charge in [-0.1, -0.05) is 89.9 Å². The molecule has 0 saturated carbocycles. The average molecular weight is 337 g/mol. The highest BCUT2D eigenvalue weighted by atomic mass is 16.5. The van der Waals surface area contributed by atoms with E-state index in [1.165, 1.54) is 89.5 Å². The summed E-state index contributed by atoms with van der Waals surface area (Å²) in [6.07, 6.45) is 25.5. The van der Waals surface area contributed by atoms with E-state index in [1.54, 1.807) is 0 Å². The lowest BCUT2D eigenvalue weighted by Gasteiger charge is -2.02. The Balaban J connectivity index is 3.10. The zero-order valence-corrected chi connectivity index (χ0v) is 16.1. The Hall–Kier alpha value is -1.05. The molecule has 0 fully saturated rings. The van der Waals surface area contributed by atoms with Crippen molar-refractivity contribution < 1.29 is 9.53 Å². The fourth-order valence-corrected chi connectivity index (χ4v) is 2.76. The van der Waals surface area contributed by atoms with E-state index in [1.807, 2.05) is 0 Å². The molecular formula is C22H40O2. The summed E-state index contributed by atoms with van der Waals surface area (Å²) in [4.78, 5) is 10.8. The minimum absolute atomic E-state index is 0.306. The lowest BCUT2D eigenvalue weighted by Crippen LogP contribution is -2.01. The maximum Gasteiger partial charge on any atom is 0.330 e. The monoisotopic (exact) mass is 336 g/mol. The summed E-state index contributed by atoms with van der Waals surface area (Å²) in [7, 11) is 0. The molecule has 2 heteroatoms. The van der Waals surface area contributed by atoms with Gasteiger partial charge in [-0.05, 0) is 32.1 Å². The molecule has 0 spiro atoms. The molecule has 0 unspecified atom stereocenters. The fourth-order valence-electron chi connectivity index (χ4n) is 2.76. The number of allylic oxidation sites excluding steroid dienone is 2. The third-order valence-electron chi connectivity index (χ3n) is 4.32. The molecule has 0 saturated heterocycles. The van der Waals surface area contributed by atoms with Gasteiger partial charge in [0.1, 0.15) is 0 Å². The second kappa shape index (κ2) is 20.0. The highest BCUT2D eigenvalue weighted by Gasteiger charge is 1.95. The Bertz CT molecular complexity index is 307. The van der Waals surface area contributed by atoms with Crippen molar-refractivity contribution in [1.29, 1.82) is 0 Å². The standard InChI is InChI=1S/C22H40O2/c1-3-5-6-7-8-9-10-11-12-13-14-15-16-17-18-19-20-21-24-22(23)4-2/h4,11-12H,2-3,5-10,13-21H2,1H3/b12-11-. The number of rotatable bonds is 18. The van der Waals surface area contributed by atoms with E-state index in [0.29, 0.717) is 6.61 Å². The molecule has 0 N–H and O–H groups in total. The van der Waals surface area contributed by atoms with Crippen molar-refractivity contribution in [2.24, 2.45) is 0 Å². The molecule has 140 valence electrons. The van der Waals surface area contributed by atoms with Crippen LogP contribution in [0.2, 0.25) is 0 Å². The van der Waals surface area contributed by atoms with Gasteiger partial charge < -0.3 is 4.74 Å². The van der Waals surface area contributed by atoms with Gasteiger partial charge in [0, 0.05) is 6.08 Å². The molecule has 0 aliphatic rings. The molecule has 0 aliphatic carbocycles. The zero-order valence-electron chi connectivity index (χ0n) is 16.1. The van der Waals surface area contributed by atoms with Crippen molar-refractivity contribution in [3.63, 3.8) is 0 Å². The van der Waals surface area contributed by atoms with E-state index >= 15 is 0 Å². The second-order valence-corrected chi connectivity index (χ2v) is 6.66. The molecule has 0 radical (unpaired) electrons. The van der Waals surface area contributed by atoms with Gasteiger partial charge in [0.05, 0.1) is 6.61 Å². The van der Waals surface area contributed by atoms with Gasteiger partial charge in [-0.3, -0.25) is 0 Å². The molecular weight excluding hydrogens is 296 g/mol. The number of esters is 1. The Morgan fingerprint density at radius 3 is 1.71 bits per heavy atom. The predicted octanol–water partition coefficient (Wildman–Crippen LogP) is 7.14. The maximum absolute atomic E-state index is 10.8. The average Bonchev–Trinajstić information content (AvgIpc) is 2.60. The molecule has 0 heterocycles. The van der Waals surface area contributed by atoms with Crippen LogP contribution in [-0.4, -0.2) is 12.6 Å². The van der Waals surface area contributed by atoms with E-state index in [9.17, 15) is 4.79 Å². The SMILES string of the molecule is C=CC(=O)OCCCCCCCCC/C=C\CCCCCCCC. The molecule has 0 atom stereocenters. The summed E-state index contributed by atoms with van der Waals surface area (Å²) in [5, 5.41) is 0. The quantitative estimate of drug-likeness (QED) is 0.115. The number of hydrogen-bond acceptors (Lipinski definition) is 2. The number of carbonyl (C=O) groups is 1. The third kappa shape index (κ3) is 19.0. The van der Waals surface area contributed by atoms with E-state index in [2.05, 4.69) is 25.7 Å². The van der Waals surface area contributed by atoms with Crippen molar-refractivity contribution in [2.45, 2.75) is 103 Å². The minimum Gasteiger partial charge on any atom is -0.463 e. The number of carbonyl (C=O) groups excluding carboxylic acids is 1. The van der Waals surface area contributed by atoms with Crippen LogP contribution >= 0.6 is 0 Å². The van der Waals surface area contributed by atoms with Crippen LogP contribution in [0.25, 0.3) is 0 Å². The van der Waals surface area contributed by atoms with Gasteiger partial charge in [-0.25, -0.2) is 4.79 Å². The van der Waals surface area contributed by atoms with Crippen LogP contribution in [0.4, 0.5) is 0 Å². The molecule has 0 rings (SSSR count). The summed E-state index contributed by atoms with van der Waals surface area (Å²) in [5.74, 6) is -0.306. The Morgan fingerprint density at radius 1 is 0.750 bits per heavy atom. The molecule has 0 amide bonds. The first-order chi connectivity index (χ1) is 11.8. The highest BCUT2D eigenvalue weighted by Crippen LogP contribution is 2.10. The van der Waals surface area contributed by atoms with Crippen LogP contribution in [0.15, 0.2) is 24.8 Å². The van der Waals surface area contributed by atoms with E-state index in [-0.39, 0.29) is 5.97 Å². The Labute approximate surface area is 150 Å². The molecule has 0 aromatic heterocycles. The molecule has 24 heavy (non-hydrogen) atoms. The summed E-state index contributed by atoms with van der Waals surface area (Å²) >= 11 is 0. The van der Waals surface area contributed by atoms with Gasteiger partial charge in [0.2, 0.25) is 0 Å². The van der Waals surface area contributed by atoms with Gasteiger partial charge in [0.15, 0.2) is 0 Å². The van der Waals surface area contributed by atoms with Crippen molar-refractivity contribution in [1.82, 2.24) is 0 Å². The first-order valence-corrected chi connectivity index (χ1v) is 10.3. The lowest BCUT2D eigenvalue weighted by molar-refractivity contribution is -0.137. The third-order valence-corrected chi connectivity index (χ3v) is 4.32. The molecule has 2 nitrogen and oxygen atoms in total. The predicted molar refractivity (Wildman–Crippen MR) is 105 cm³/mol. The smallest absolute Gasteiger partial charge is 0.330 e. The minimum atomic E-state index is -0.306. The lowest BCUT2D eigenvalue weighted by atomic mass is 10.1. The van der Waals surface area contributed by atoms with Gasteiger partial charge in [-0.2, -0.15) is 0 Å². The van der Waals surface area contributed by atoms with Crippen LogP contribution < -0.4 is 0 Å². The van der Waals surface area contributed by atoms with E-state index in [4.69, 9.17) is 4.74 Å². The normalized spacial score (nSPS) is 11.0. The molecule has 0 aromatic carbocycles. The Kier molecular flexibility index (Phi) is 19.1. The number of hydrogen-bond donors (Lipinski definition) is 0. The molecule has 0 bridgehead atoms. The van der Waals surface area contributed by atoms with Crippen LogP contribution in [0.5, 0.6) is 0 Å². The van der Waals surface area contributed by atoms with Crippen molar-refractivity contribution in [3.8, 4) is 0 Å². The van der Waals surface area contributed by atoms with Gasteiger partial charge in [-0.15, -0.1) is 0 Å². The maximum atomic E-state index is 10.8.